The van der Waals surface area contributed by atoms with Gasteiger partial charge in [-0.05, 0) is 30.2 Å². The van der Waals surface area contributed by atoms with Crippen LogP contribution in [0.4, 0.5) is 5.82 Å². The summed E-state index contributed by atoms with van der Waals surface area (Å²) in [6.07, 6.45) is 0.646. The van der Waals surface area contributed by atoms with E-state index in [1.165, 1.54) is 0 Å². The van der Waals surface area contributed by atoms with Crippen molar-refractivity contribution in [2.45, 2.75) is 13.0 Å². The van der Waals surface area contributed by atoms with Crippen LogP contribution in [0.3, 0.4) is 0 Å². The van der Waals surface area contributed by atoms with Gasteiger partial charge in [0.05, 0.1) is 16.5 Å². The molecule has 3 heterocycles. The highest BCUT2D eigenvalue weighted by molar-refractivity contribution is 9.10. The zero-order chi connectivity index (χ0) is 23.8. The molecule has 9 nitrogen and oxygen atoms in total. The summed E-state index contributed by atoms with van der Waals surface area (Å²) in [5.41, 5.74) is 8.58. The topological polar surface area (TPSA) is 150 Å². The van der Waals surface area contributed by atoms with Gasteiger partial charge >= 0.3 is 0 Å². The summed E-state index contributed by atoms with van der Waals surface area (Å²) < 4.78 is 2.49. The maximum absolute atomic E-state index is 12.8. The second-order valence-corrected chi connectivity index (χ2v) is 8.46. The number of aromatic amines is 1. The van der Waals surface area contributed by atoms with Crippen LogP contribution in [0, 0.1) is 22.7 Å². The molecule has 5 aromatic rings. The highest BCUT2D eigenvalue weighted by Crippen LogP contribution is 2.34. The Morgan fingerprint density at radius 2 is 1.76 bits per heavy atom. The number of anilines is 1. The van der Waals surface area contributed by atoms with Crippen molar-refractivity contribution in [1.29, 1.82) is 10.5 Å². The molecule has 164 valence electrons. The van der Waals surface area contributed by atoms with Crippen LogP contribution >= 0.6 is 15.9 Å². The van der Waals surface area contributed by atoms with E-state index in [1.54, 1.807) is 22.8 Å². The Kier molecular flexibility index (Phi) is 5.28. The Bertz CT molecular complexity index is 1720. The maximum Gasteiger partial charge on any atom is 0.259 e. The predicted octanol–water partition coefficient (Wildman–Crippen LogP) is 3.67. The van der Waals surface area contributed by atoms with Gasteiger partial charge in [-0.2, -0.15) is 10.5 Å². The molecule has 0 saturated heterocycles. The molecule has 3 N–H and O–H groups in total. The number of H-pyrrole nitrogens is 1. The molecule has 0 fully saturated rings. The summed E-state index contributed by atoms with van der Waals surface area (Å²) in [6, 6.07) is 18.9. The van der Waals surface area contributed by atoms with Crippen LogP contribution in [0.5, 0.6) is 0 Å². The fourth-order valence-electron chi connectivity index (χ4n) is 3.88. The number of fused-ring (bicyclic) bond motifs is 2. The van der Waals surface area contributed by atoms with Crippen LogP contribution in [-0.2, 0) is 13.0 Å². The van der Waals surface area contributed by atoms with Gasteiger partial charge in [0.1, 0.15) is 29.3 Å². The van der Waals surface area contributed by atoms with E-state index in [0.29, 0.717) is 40.6 Å². The molecule has 0 aliphatic carbocycles. The van der Waals surface area contributed by atoms with Crippen molar-refractivity contribution < 1.29 is 0 Å². The Balaban J connectivity index is 1.76. The first-order valence-electron chi connectivity index (χ1n) is 10.2. The molecular formula is C24H15BrN8O. The summed E-state index contributed by atoms with van der Waals surface area (Å²) in [5, 5.41) is 19.4. The number of nitrogens with one attached hydrogen (secondary N) is 1. The lowest BCUT2D eigenvalue weighted by Gasteiger charge is -2.08. The Morgan fingerprint density at radius 3 is 2.50 bits per heavy atom. The first-order chi connectivity index (χ1) is 16.5. The normalized spacial score (nSPS) is 10.9. The maximum atomic E-state index is 12.8. The average molecular weight is 511 g/mol. The van der Waals surface area contributed by atoms with Crippen molar-refractivity contribution >= 4 is 43.8 Å². The molecule has 0 unspecified atom stereocenters. The second kappa shape index (κ2) is 8.43. The van der Waals surface area contributed by atoms with Crippen molar-refractivity contribution in [2.24, 2.45) is 0 Å². The van der Waals surface area contributed by atoms with Crippen LogP contribution in [0.2, 0.25) is 0 Å². The number of aromatic nitrogens is 5. The molecule has 2 aromatic carbocycles. The molecule has 0 aliphatic heterocycles. The Labute approximate surface area is 201 Å². The summed E-state index contributed by atoms with van der Waals surface area (Å²) in [4.78, 5) is 29.0. The number of aryl methyl sites for hydroxylation is 2. The quantitative estimate of drug-likeness (QED) is 0.374. The summed E-state index contributed by atoms with van der Waals surface area (Å²) in [7, 11) is 0. The minimum Gasteiger partial charge on any atom is -0.384 e. The largest absolute Gasteiger partial charge is 0.384 e. The zero-order valence-corrected chi connectivity index (χ0v) is 19.2. The van der Waals surface area contributed by atoms with Gasteiger partial charge in [0, 0.05) is 11.0 Å². The van der Waals surface area contributed by atoms with Crippen LogP contribution in [-0.4, -0.2) is 24.5 Å². The molecule has 0 atom stereocenters. The minimum atomic E-state index is -0.340. The molecule has 0 spiro atoms. The van der Waals surface area contributed by atoms with E-state index in [0.717, 1.165) is 10.0 Å². The van der Waals surface area contributed by atoms with Crippen molar-refractivity contribution in [3.63, 3.8) is 0 Å². The van der Waals surface area contributed by atoms with Gasteiger partial charge in [0.25, 0.3) is 5.56 Å². The van der Waals surface area contributed by atoms with E-state index in [2.05, 4.69) is 35.9 Å². The molecule has 0 aliphatic rings. The molecule has 0 amide bonds. The predicted molar refractivity (Wildman–Crippen MR) is 131 cm³/mol. The lowest BCUT2D eigenvalue weighted by molar-refractivity contribution is 0.724. The number of nitrogens with two attached hydrogens (primary N) is 1. The number of halogens is 1. The number of rotatable bonds is 4. The van der Waals surface area contributed by atoms with Crippen molar-refractivity contribution in [1.82, 2.24) is 24.5 Å². The van der Waals surface area contributed by atoms with Crippen LogP contribution in [0.15, 0.2) is 57.8 Å². The molecule has 34 heavy (non-hydrogen) atoms. The molecular weight excluding hydrogens is 496 g/mol. The van der Waals surface area contributed by atoms with Gasteiger partial charge in [-0.15, -0.1) is 0 Å². The van der Waals surface area contributed by atoms with Crippen LogP contribution in [0.1, 0.15) is 17.0 Å². The number of nitrogens with zero attached hydrogens (tertiary/aromatic N) is 6. The van der Waals surface area contributed by atoms with E-state index in [9.17, 15) is 15.3 Å². The molecule has 3 aromatic heterocycles. The number of benzene rings is 2. The van der Waals surface area contributed by atoms with E-state index < -0.39 is 0 Å². The smallest absolute Gasteiger partial charge is 0.259 e. The standard InChI is InChI=1S/C24H15BrN8O/c25-14-6-7-16-15(10-14)24(34)32-22(30-16)19-20-23(31-18(12-27)17(11-26)29-20)33(21(19)28)9-8-13-4-2-1-3-5-13/h1-7,10H,8-9,28H2,(H,30,32,34). The van der Waals surface area contributed by atoms with E-state index in [1.807, 2.05) is 42.5 Å². The summed E-state index contributed by atoms with van der Waals surface area (Å²) in [6.45, 7) is 0.447. The first kappa shape index (κ1) is 21.3. The van der Waals surface area contributed by atoms with Crippen molar-refractivity contribution in [3.8, 4) is 23.5 Å². The Hall–Kier alpha value is -4.54. The molecule has 0 saturated carbocycles. The van der Waals surface area contributed by atoms with Crippen LogP contribution in [0.25, 0.3) is 33.5 Å². The van der Waals surface area contributed by atoms with Crippen LogP contribution < -0.4 is 11.3 Å². The SMILES string of the molecule is N#Cc1nc2c(-c3nc4ccc(Br)cc4c(=O)[nH]3)c(N)n(CCc3ccccc3)c2nc1C#N. The highest BCUT2D eigenvalue weighted by atomic mass is 79.9. The van der Waals surface area contributed by atoms with Crippen molar-refractivity contribution in [3.05, 3.63) is 80.3 Å². The van der Waals surface area contributed by atoms with Gasteiger partial charge in [-0.25, -0.2) is 15.0 Å². The lowest BCUT2D eigenvalue weighted by Crippen LogP contribution is -2.11. The molecule has 0 radical (unpaired) electrons. The van der Waals surface area contributed by atoms with Gasteiger partial charge in [-0.3, -0.25) is 4.79 Å². The van der Waals surface area contributed by atoms with Gasteiger partial charge in [-0.1, -0.05) is 46.3 Å². The fourth-order valence-corrected chi connectivity index (χ4v) is 4.24. The number of hydrogen-bond donors (Lipinski definition) is 2. The van der Waals surface area contributed by atoms with E-state index >= 15 is 0 Å². The molecule has 0 bridgehead atoms. The highest BCUT2D eigenvalue weighted by Gasteiger charge is 2.24. The third-order valence-electron chi connectivity index (χ3n) is 5.50. The number of nitriles is 2. The van der Waals surface area contributed by atoms with E-state index in [4.69, 9.17) is 5.73 Å². The number of nitrogen functional groups attached to an aromatic ring is 1. The van der Waals surface area contributed by atoms with Gasteiger partial charge < -0.3 is 15.3 Å². The first-order valence-corrected chi connectivity index (χ1v) is 11.0. The average Bonchev–Trinajstić information content (AvgIpc) is 3.12. The summed E-state index contributed by atoms with van der Waals surface area (Å²) >= 11 is 3.36. The monoisotopic (exact) mass is 510 g/mol. The molecule has 5 rings (SSSR count). The second-order valence-electron chi connectivity index (χ2n) is 7.54. The third-order valence-corrected chi connectivity index (χ3v) is 5.99. The van der Waals surface area contributed by atoms with E-state index in [-0.39, 0.29) is 28.6 Å². The minimum absolute atomic E-state index is 0.0928. The van der Waals surface area contributed by atoms with Crippen molar-refractivity contribution in [2.75, 3.05) is 5.73 Å². The zero-order valence-electron chi connectivity index (χ0n) is 17.6. The lowest BCUT2D eigenvalue weighted by atomic mass is 10.1. The fraction of sp³-hybridized carbons (Fsp3) is 0.0833. The third kappa shape index (κ3) is 3.56. The van der Waals surface area contributed by atoms with Gasteiger partial charge in [0.2, 0.25) is 0 Å². The number of hydrogen-bond acceptors (Lipinski definition) is 7. The van der Waals surface area contributed by atoms with Gasteiger partial charge in [0.15, 0.2) is 17.0 Å². The Morgan fingerprint density at radius 1 is 1.03 bits per heavy atom. The molecule has 10 heteroatoms. The summed E-state index contributed by atoms with van der Waals surface area (Å²) in [5.74, 6) is 0.494.